The largest absolute Gasteiger partial charge is 0.474 e. The lowest BCUT2D eigenvalue weighted by Gasteiger charge is -2.39. The van der Waals surface area contributed by atoms with Crippen LogP contribution >= 0.6 is 11.8 Å². The number of thioether (sulfide) groups is 1. The molecular formula is C22H24N2O7S. The van der Waals surface area contributed by atoms with Crippen LogP contribution in [0.5, 0.6) is 5.75 Å². The molecule has 0 radical (unpaired) electrons. The zero-order chi connectivity index (χ0) is 23.3. The summed E-state index contributed by atoms with van der Waals surface area (Å²) in [6.45, 7) is 5.64. The molecule has 0 N–H and O–H groups in total. The molecule has 2 aromatic heterocycles. The molecule has 1 fully saturated rings. The number of pyridine rings is 2. The summed E-state index contributed by atoms with van der Waals surface area (Å²) in [5, 5.41) is 0. The number of ether oxygens (including phenoxy) is 4. The minimum Gasteiger partial charge on any atom is -0.474 e. The first kappa shape index (κ1) is 23.5. The highest BCUT2D eigenvalue weighted by Gasteiger charge is 2.47. The summed E-state index contributed by atoms with van der Waals surface area (Å²) < 4.78 is 22.1. The number of rotatable bonds is 6. The molecular weight excluding hydrogens is 436 g/mol. The molecule has 0 bridgehead atoms. The maximum absolute atomic E-state index is 11.8. The standard InChI is InChI=1S/C22H24N2O7S/c1-12-17(6-5-9-23-12)18-8-7-16(10-24-18)31-22-21(30-15(4)27)20(29-14(3)26)19(11-32-22)28-13(2)25/h5-10,19-22H,11H2,1-4H3/t19-,20+,21-,22+/m1/s1. The van der Waals surface area contributed by atoms with Crippen molar-refractivity contribution in [3.05, 3.63) is 42.4 Å². The molecule has 0 aromatic carbocycles. The van der Waals surface area contributed by atoms with Gasteiger partial charge in [-0.2, -0.15) is 0 Å². The van der Waals surface area contributed by atoms with Crippen LogP contribution in [0.1, 0.15) is 26.5 Å². The van der Waals surface area contributed by atoms with Crippen LogP contribution in [-0.2, 0) is 28.6 Å². The SMILES string of the molecule is CC(=O)O[C@@H]1[C@@H](OC(C)=O)[C@@H](Oc2ccc(-c3cccnc3C)nc2)SC[C@H]1OC(C)=O. The zero-order valence-electron chi connectivity index (χ0n) is 18.1. The molecule has 2 aromatic rings. The van der Waals surface area contributed by atoms with Crippen LogP contribution in [0, 0.1) is 6.92 Å². The van der Waals surface area contributed by atoms with Crippen molar-refractivity contribution in [1.82, 2.24) is 9.97 Å². The highest BCUT2D eigenvalue weighted by molar-refractivity contribution is 7.99. The molecule has 9 nitrogen and oxygen atoms in total. The van der Waals surface area contributed by atoms with Crippen molar-refractivity contribution in [1.29, 1.82) is 0 Å². The van der Waals surface area contributed by atoms with Gasteiger partial charge in [-0.05, 0) is 31.2 Å². The molecule has 170 valence electrons. The van der Waals surface area contributed by atoms with Crippen LogP contribution in [0.25, 0.3) is 11.3 Å². The van der Waals surface area contributed by atoms with E-state index in [1.165, 1.54) is 32.5 Å². The van der Waals surface area contributed by atoms with E-state index >= 15 is 0 Å². The normalized spacial score (nSPS) is 22.5. The van der Waals surface area contributed by atoms with Gasteiger partial charge in [0.25, 0.3) is 0 Å². The Kier molecular flexibility index (Phi) is 7.68. The Labute approximate surface area is 189 Å². The fourth-order valence-corrected chi connectivity index (χ4v) is 4.52. The number of carbonyl (C=O) groups excluding carboxylic acids is 3. The molecule has 4 atom stereocenters. The smallest absolute Gasteiger partial charge is 0.303 e. The Hall–Kier alpha value is -3.14. The van der Waals surface area contributed by atoms with Crippen molar-refractivity contribution >= 4 is 29.7 Å². The van der Waals surface area contributed by atoms with Crippen molar-refractivity contribution in [2.45, 2.75) is 51.4 Å². The number of hydrogen-bond acceptors (Lipinski definition) is 10. The Morgan fingerprint density at radius 1 is 0.938 bits per heavy atom. The summed E-state index contributed by atoms with van der Waals surface area (Å²) in [5.74, 6) is -0.963. The number of carbonyl (C=O) groups is 3. The van der Waals surface area contributed by atoms with Crippen LogP contribution in [-0.4, -0.2) is 57.4 Å². The second-order valence-corrected chi connectivity index (χ2v) is 8.26. The van der Waals surface area contributed by atoms with Crippen molar-refractivity contribution < 1.29 is 33.3 Å². The highest BCUT2D eigenvalue weighted by atomic mass is 32.2. The molecule has 0 unspecified atom stereocenters. The van der Waals surface area contributed by atoms with Gasteiger partial charge in [0.05, 0.1) is 11.9 Å². The Balaban J connectivity index is 1.82. The van der Waals surface area contributed by atoms with E-state index in [-0.39, 0.29) is 0 Å². The van der Waals surface area contributed by atoms with Gasteiger partial charge in [-0.3, -0.25) is 24.4 Å². The quantitative estimate of drug-likeness (QED) is 0.471. The summed E-state index contributed by atoms with van der Waals surface area (Å²) in [4.78, 5) is 43.6. The van der Waals surface area contributed by atoms with Crippen LogP contribution < -0.4 is 4.74 Å². The lowest BCUT2D eigenvalue weighted by Crippen LogP contribution is -2.55. The van der Waals surface area contributed by atoms with E-state index in [0.29, 0.717) is 11.5 Å². The molecule has 1 saturated heterocycles. The number of esters is 3. The predicted molar refractivity (Wildman–Crippen MR) is 116 cm³/mol. The fourth-order valence-electron chi connectivity index (χ4n) is 3.31. The van der Waals surface area contributed by atoms with Gasteiger partial charge in [0.2, 0.25) is 0 Å². The summed E-state index contributed by atoms with van der Waals surface area (Å²) in [6, 6.07) is 7.32. The van der Waals surface area contributed by atoms with Crippen LogP contribution in [0.2, 0.25) is 0 Å². The average molecular weight is 461 g/mol. The number of nitrogens with zero attached hydrogens (tertiary/aromatic N) is 2. The van der Waals surface area contributed by atoms with Gasteiger partial charge >= 0.3 is 17.9 Å². The van der Waals surface area contributed by atoms with Gasteiger partial charge < -0.3 is 18.9 Å². The van der Waals surface area contributed by atoms with Crippen molar-refractivity contribution in [2.24, 2.45) is 0 Å². The minimum absolute atomic E-state index is 0.292. The number of hydrogen-bond donors (Lipinski definition) is 0. The molecule has 10 heteroatoms. The van der Waals surface area contributed by atoms with Gasteiger partial charge in [-0.1, -0.05) is 0 Å². The number of aromatic nitrogens is 2. The van der Waals surface area contributed by atoms with Crippen LogP contribution in [0.4, 0.5) is 0 Å². The van der Waals surface area contributed by atoms with E-state index in [1.54, 1.807) is 24.5 Å². The first-order chi connectivity index (χ1) is 15.2. The van der Waals surface area contributed by atoms with Crippen molar-refractivity contribution in [3.8, 4) is 17.0 Å². The summed E-state index contributed by atoms with van der Waals surface area (Å²) in [7, 11) is 0. The van der Waals surface area contributed by atoms with E-state index in [4.69, 9.17) is 18.9 Å². The third-order valence-corrected chi connectivity index (χ3v) is 5.79. The monoisotopic (exact) mass is 460 g/mol. The molecule has 1 aliphatic rings. The first-order valence-electron chi connectivity index (χ1n) is 9.92. The van der Waals surface area contributed by atoms with E-state index < -0.39 is 41.7 Å². The lowest BCUT2D eigenvalue weighted by molar-refractivity contribution is -0.186. The summed E-state index contributed by atoms with van der Waals surface area (Å²) in [6.07, 6.45) is 0.511. The van der Waals surface area contributed by atoms with Crippen LogP contribution in [0.3, 0.4) is 0 Å². The molecule has 0 amide bonds. The van der Waals surface area contributed by atoms with Gasteiger partial charge in [-0.15, -0.1) is 11.8 Å². The van der Waals surface area contributed by atoms with Crippen molar-refractivity contribution in [2.75, 3.05) is 5.75 Å². The first-order valence-corrected chi connectivity index (χ1v) is 11.0. The minimum atomic E-state index is -1.00. The van der Waals surface area contributed by atoms with E-state index in [0.717, 1.165) is 17.0 Å². The van der Waals surface area contributed by atoms with Crippen molar-refractivity contribution in [3.63, 3.8) is 0 Å². The Bertz CT molecular complexity index is 982. The third-order valence-electron chi connectivity index (χ3n) is 4.58. The van der Waals surface area contributed by atoms with E-state index in [2.05, 4.69) is 9.97 Å². The molecule has 32 heavy (non-hydrogen) atoms. The Morgan fingerprint density at radius 2 is 1.62 bits per heavy atom. The van der Waals surface area contributed by atoms with Crippen LogP contribution in [0.15, 0.2) is 36.7 Å². The maximum atomic E-state index is 11.8. The van der Waals surface area contributed by atoms with Gasteiger partial charge in [0.15, 0.2) is 23.7 Å². The molecule has 3 heterocycles. The second-order valence-electron chi connectivity index (χ2n) is 7.13. The summed E-state index contributed by atoms with van der Waals surface area (Å²) >= 11 is 1.29. The van der Waals surface area contributed by atoms with Gasteiger partial charge in [0.1, 0.15) is 5.75 Å². The Morgan fingerprint density at radius 3 is 2.22 bits per heavy atom. The predicted octanol–water partition coefficient (Wildman–Crippen LogP) is 2.70. The van der Waals surface area contributed by atoms with E-state index in [9.17, 15) is 14.4 Å². The second kappa shape index (κ2) is 10.4. The molecule has 0 aliphatic carbocycles. The molecule has 0 spiro atoms. The molecule has 1 aliphatic heterocycles. The van der Waals surface area contributed by atoms with E-state index in [1.807, 2.05) is 19.1 Å². The molecule has 3 rings (SSSR count). The topological polar surface area (TPSA) is 114 Å². The zero-order valence-corrected chi connectivity index (χ0v) is 19.0. The highest BCUT2D eigenvalue weighted by Crippen LogP contribution is 2.34. The fraction of sp³-hybridized carbons (Fsp3) is 0.409. The van der Waals surface area contributed by atoms with Gasteiger partial charge in [-0.25, -0.2) is 0 Å². The lowest BCUT2D eigenvalue weighted by atomic mass is 10.1. The third kappa shape index (κ3) is 5.97. The maximum Gasteiger partial charge on any atom is 0.303 e. The average Bonchev–Trinajstić information content (AvgIpc) is 2.72. The summed E-state index contributed by atoms with van der Waals surface area (Å²) in [5.41, 5.74) is 1.79. The van der Waals surface area contributed by atoms with Gasteiger partial charge in [0, 0.05) is 44.0 Å². The molecule has 0 saturated carbocycles. The number of aryl methyl sites for hydroxylation is 1.